The van der Waals surface area contributed by atoms with E-state index < -0.39 is 0 Å². The Hall–Kier alpha value is -0.810. The van der Waals surface area contributed by atoms with E-state index in [-0.39, 0.29) is 18.4 Å². The van der Waals surface area contributed by atoms with Gasteiger partial charge in [0.05, 0.1) is 29.2 Å². The van der Waals surface area contributed by atoms with Crippen LogP contribution in [0.1, 0.15) is 5.56 Å². The van der Waals surface area contributed by atoms with Crippen LogP contribution in [0.15, 0.2) is 18.2 Å². The number of amides is 1. The van der Waals surface area contributed by atoms with Crippen LogP contribution in [0, 0.1) is 0 Å². The van der Waals surface area contributed by atoms with Crippen molar-refractivity contribution in [2.75, 3.05) is 26.2 Å². The number of ether oxygens (including phenoxy) is 1. The van der Waals surface area contributed by atoms with Crippen molar-refractivity contribution in [3.05, 3.63) is 33.8 Å². The molecule has 1 aliphatic heterocycles. The Labute approximate surface area is 122 Å². The highest BCUT2D eigenvalue weighted by Crippen LogP contribution is 2.22. The molecule has 0 aromatic heterocycles. The average Bonchev–Trinajstić information content (AvgIpc) is 2.42. The van der Waals surface area contributed by atoms with Gasteiger partial charge in [0.25, 0.3) is 0 Å². The fraction of sp³-hybridized carbons (Fsp3) is 0.462. The van der Waals surface area contributed by atoms with Gasteiger partial charge in [0.15, 0.2) is 0 Å². The second kappa shape index (κ2) is 7.10. The lowest BCUT2D eigenvalue weighted by molar-refractivity contribution is -0.121. The largest absolute Gasteiger partial charge is 0.374 e. The Morgan fingerprint density at radius 2 is 2.26 bits per heavy atom. The number of morpholine rings is 1. The first kappa shape index (κ1) is 14.6. The van der Waals surface area contributed by atoms with Crippen molar-refractivity contribution in [3.63, 3.8) is 0 Å². The molecule has 2 N–H and O–H groups in total. The fourth-order valence-electron chi connectivity index (χ4n) is 1.88. The van der Waals surface area contributed by atoms with Crippen LogP contribution in [-0.2, 0) is 16.0 Å². The lowest BCUT2D eigenvalue weighted by atomic mass is 10.1. The summed E-state index contributed by atoms with van der Waals surface area (Å²) in [6.45, 7) is 2.85. The van der Waals surface area contributed by atoms with Gasteiger partial charge in [0, 0.05) is 19.6 Å². The number of nitrogens with one attached hydrogen (secondary N) is 2. The molecule has 2 rings (SSSR count). The van der Waals surface area contributed by atoms with Crippen LogP contribution in [-0.4, -0.2) is 38.3 Å². The van der Waals surface area contributed by atoms with Crippen LogP contribution < -0.4 is 10.6 Å². The normalized spacial score (nSPS) is 19.2. The monoisotopic (exact) mass is 302 g/mol. The summed E-state index contributed by atoms with van der Waals surface area (Å²) in [5, 5.41) is 7.03. The minimum Gasteiger partial charge on any atom is -0.374 e. The lowest BCUT2D eigenvalue weighted by Gasteiger charge is -2.23. The molecule has 104 valence electrons. The van der Waals surface area contributed by atoms with Crippen LogP contribution in [0.25, 0.3) is 0 Å². The maximum atomic E-state index is 11.8. The quantitative estimate of drug-likeness (QED) is 0.889. The Kier molecular flexibility index (Phi) is 5.45. The number of hydrogen-bond acceptors (Lipinski definition) is 3. The molecule has 1 heterocycles. The molecule has 1 amide bonds. The molecule has 1 aliphatic rings. The summed E-state index contributed by atoms with van der Waals surface area (Å²) < 4.78 is 5.50. The molecule has 1 saturated heterocycles. The van der Waals surface area contributed by atoms with Crippen LogP contribution in [0.3, 0.4) is 0 Å². The van der Waals surface area contributed by atoms with Crippen molar-refractivity contribution in [1.29, 1.82) is 0 Å². The van der Waals surface area contributed by atoms with Crippen LogP contribution in [0.5, 0.6) is 0 Å². The molecule has 0 spiro atoms. The summed E-state index contributed by atoms with van der Waals surface area (Å²) in [6.07, 6.45) is 0.336. The summed E-state index contributed by atoms with van der Waals surface area (Å²) in [7, 11) is 0. The van der Waals surface area contributed by atoms with Crippen LogP contribution in [0.4, 0.5) is 0 Å². The second-order valence-corrected chi connectivity index (χ2v) is 5.24. The van der Waals surface area contributed by atoms with Gasteiger partial charge >= 0.3 is 0 Å². The molecule has 0 bridgehead atoms. The van der Waals surface area contributed by atoms with Gasteiger partial charge in [-0.2, -0.15) is 0 Å². The zero-order valence-corrected chi connectivity index (χ0v) is 11.9. The van der Waals surface area contributed by atoms with Crippen molar-refractivity contribution in [2.45, 2.75) is 12.5 Å². The first-order valence-corrected chi connectivity index (χ1v) is 6.93. The van der Waals surface area contributed by atoms with Gasteiger partial charge in [-0.25, -0.2) is 0 Å². The maximum absolute atomic E-state index is 11.8. The minimum absolute atomic E-state index is 0.0477. The van der Waals surface area contributed by atoms with Crippen molar-refractivity contribution in [3.8, 4) is 0 Å². The number of rotatable bonds is 4. The Bertz CT molecular complexity index is 448. The van der Waals surface area contributed by atoms with Crippen molar-refractivity contribution in [2.24, 2.45) is 0 Å². The zero-order valence-electron chi connectivity index (χ0n) is 10.4. The molecule has 1 aromatic carbocycles. The number of halogens is 2. The third-order valence-electron chi connectivity index (χ3n) is 2.88. The highest BCUT2D eigenvalue weighted by atomic mass is 35.5. The van der Waals surface area contributed by atoms with Crippen molar-refractivity contribution >= 4 is 29.1 Å². The van der Waals surface area contributed by atoms with Gasteiger partial charge in [-0.15, -0.1) is 0 Å². The summed E-state index contributed by atoms with van der Waals surface area (Å²) >= 11 is 11.7. The molecular weight excluding hydrogens is 287 g/mol. The predicted octanol–water partition coefficient (Wildman–Crippen LogP) is 1.64. The maximum Gasteiger partial charge on any atom is 0.224 e. The number of carbonyl (C=O) groups excluding carboxylic acids is 1. The second-order valence-electron chi connectivity index (χ2n) is 4.43. The predicted molar refractivity (Wildman–Crippen MR) is 75.8 cm³/mol. The van der Waals surface area contributed by atoms with E-state index in [0.717, 1.165) is 18.7 Å². The van der Waals surface area contributed by atoms with Crippen LogP contribution in [0.2, 0.25) is 10.0 Å². The first-order valence-electron chi connectivity index (χ1n) is 6.18. The van der Waals surface area contributed by atoms with E-state index in [1.807, 2.05) is 0 Å². The van der Waals surface area contributed by atoms with Gasteiger partial charge in [-0.05, 0) is 17.7 Å². The highest BCUT2D eigenvalue weighted by Gasteiger charge is 2.14. The van der Waals surface area contributed by atoms with E-state index in [1.54, 1.807) is 18.2 Å². The third kappa shape index (κ3) is 4.66. The molecule has 0 saturated carbocycles. The van der Waals surface area contributed by atoms with Gasteiger partial charge in [-0.1, -0.05) is 29.3 Å². The van der Waals surface area contributed by atoms with Crippen molar-refractivity contribution in [1.82, 2.24) is 10.6 Å². The summed E-state index contributed by atoms with van der Waals surface area (Å²) in [4.78, 5) is 11.8. The average molecular weight is 303 g/mol. The van der Waals surface area contributed by atoms with Crippen LogP contribution >= 0.6 is 23.2 Å². The van der Waals surface area contributed by atoms with E-state index in [9.17, 15) is 4.79 Å². The van der Waals surface area contributed by atoms with E-state index >= 15 is 0 Å². The topological polar surface area (TPSA) is 50.4 Å². The Morgan fingerprint density at radius 3 is 2.95 bits per heavy atom. The number of benzene rings is 1. The Morgan fingerprint density at radius 1 is 1.42 bits per heavy atom. The number of carbonyl (C=O) groups is 1. The minimum atomic E-state index is -0.0486. The first-order chi connectivity index (χ1) is 9.15. The van der Waals surface area contributed by atoms with Gasteiger partial charge in [0.2, 0.25) is 5.91 Å². The third-order valence-corrected chi connectivity index (χ3v) is 3.62. The SMILES string of the molecule is O=C(Cc1ccc(Cl)c(Cl)c1)NCC1CNCCO1. The molecule has 6 heteroatoms. The zero-order chi connectivity index (χ0) is 13.7. The van der Waals surface area contributed by atoms with Gasteiger partial charge < -0.3 is 15.4 Å². The summed E-state index contributed by atoms with van der Waals surface area (Å²) in [6, 6.07) is 5.20. The molecule has 1 unspecified atom stereocenters. The molecule has 1 fully saturated rings. The molecule has 0 radical (unpaired) electrons. The van der Waals surface area contributed by atoms with E-state index in [1.165, 1.54) is 0 Å². The standard InChI is InChI=1S/C13H16Cl2N2O2/c14-11-2-1-9(5-12(11)15)6-13(18)17-8-10-7-16-3-4-19-10/h1-2,5,10,16H,3-4,6-8H2,(H,17,18). The molecule has 1 aromatic rings. The van der Waals surface area contributed by atoms with E-state index in [2.05, 4.69) is 10.6 Å². The fourth-order valence-corrected chi connectivity index (χ4v) is 2.20. The highest BCUT2D eigenvalue weighted by molar-refractivity contribution is 6.42. The van der Waals surface area contributed by atoms with E-state index in [0.29, 0.717) is 23.2 Å². The van der Waals surface area contributed by atoms with Crippen molar-refractivity contribution < 1.29 is 9.53 Å². The Balaban J connectivity index is 1.78. The molecule has 1 atom stereocenters. The van der Waals surface area contributed by atoms with Gasteiger partial charge in [-0.3, -0.25) is 4.79 Å². The number of hydrogen-bond donors (Lipinski definition) is 2. The molecule has 19 heavy (non-hydrogen) atoms. The van der Waals surface area contributed by atoms with E-state index in [4.69, 9.17) is 27.9 Å². The smallest absolute Gasteiger partial charge is 0.224 e. The molecule has 0 aliphatic carbocycles. The molecule has 4 nitrogen and oxygen atoms in total. The summed E-state index contributed by atoms with van der Waals surface area (Å²) in [5.41, 5.74) is 0.842. The lowest BCUT2D eigenvalue weighted by Crippen LogP contribution is -2.45. The summed E-state index contributed by atoms with van der Waals surface area (Å²) in [5.74, 6) is -0.0486. The molecular formula is C13H16Cl2N2O2. The van der Waals surface area contributed by atoms with Gasteiger partial charge in [0.1, 0.15) is 0 Å².